The quantitative estimate of drug-likeness (QED) is 0.771. The molecule has 0 bridgehead atoms. The molecule has 3 rings (SSSR count). The molecule has 6 heteroatoms. The summed E-state index contributed by atoms with van der Waals surface area (Å²) in [7, 11) is 1.72. The molecule has 0 radical (unpaired) electrons. The van der Waals surface area contributed by atoms with Crippen molar-refractivity contribution in [2.45, 2.75) is 6.42 Å². The number of nitrogens with zero attached hydrogens (tertiary/aromatic N) is 3. The highest BCUT2D eigenvalue weighted by Crippen LogP contribution is 2.28. The van der Waals surface area contributed by atoms with Gasteiger partial charge in [-0.1, -0.05) is 18.2 Å². The number of rotatable bonds is 7. The van der Waals surface area contributed by atoms with Crippen LogP contribution in [-0.4, -0.2) is 62.2 Å². The molecule has 26 heavy (non-hydrogen) atoms. The molecule has 1 fully saturated rings. The van der Waals surface area contributed by atoms with Gasteiger partial charge in [0.25, 0.3) is 5.91 Å². The van der Waals surface area contributed by atoms with Gasteiger partial charge in [0, 0.05) is 38.9 Å². The minimum absolute atomic E-state index is 0.105. The number of ether oxygens (including phenoxy) is 1. The van der Waals surface area contributed by atoms with Gasteiger partial charge in [0.1, 0.15) is 11.4 Å². The monoisotopic (exact) mass is 354 g/mol. The molecule has 2 heterocycles. The van der Waals surface area contributed by atoms with E-state index in [-0.39, 0.29) is 5.91 Å². The summed E-state index contributed by atoms with van der Waals surface area (Å²) >= 11 is 0. The first-order valence-corrected chi connectivity index (χ1v) is 9.07. The van der Waals surface area contributed by atoms with Gasteiger partial charge in [0.05, 0.1) is 12.8 Å². The lowest BCUT2D eigenvalue weighted by atomic mass is 10.2. The van der Waals surface area contributed by atoms with E-state index >= 15 is 0 Å². The van der Waals surface area contributed by atoms with Crippen molar-refractivity contribution in [3.8, 4) is 5.75 Å². The zero-order valence-corrected chi connectivity index (χ0v) is 15.2. The average Bonchev–Trinajstić information content (AvgIpc) is 2.72. The van der Waals surface area contributed by atoms with Crippen LogP contribution in [0.4, 0.5) is 5.69 Å². The minimum atomic E-state index is -0.105. The lowest BCUT2D eigenvalue weighted by molar-refractivity contribution is 0.0946. The highest BCUT2D eigenvalue weighted by Gasteiger charge is 2.19. The second-order valence-corrected chi connectivity index (χ2v) is 6.32. The number of para-hydroxylation sites is 2. The molecular weight excluding hydrogens is 328 g/mol. The molecule has 0 saturated carbocycles. The zero-order valence-electron chi connectivity index (χ0n) is 15.2. The summed E-state index contributed by atoms with van der Waals surface area (Å²) in [6.45, 7) is 5.67. The van der Waals surface area contributed by atoms with Crippen molar-refractivity contribution in [3.63, 3.8) is 0 Å². The van der Waals surface area contributed by atoms with Crippen molar-refractivity contribution in [3.05, 3.63) is 54.4 Å². The second kappa shape index (κ2) is 9.20. The van der Waals surface area contributed by atoms with Gasteiger partial charge < -0.3 is 15.0 Å². The van der Waals surface area contributed by atoms with Crippen molar-refractivity contribution >= 4 is 11.6 Å². The van der Waals surface area contributed by atoms with E-state index in [4.69, 9.17) is 4.74 Å². The fourth-order valence-corrected chi connectivity index (χ4v) is 3.20. The third-order valence-corrected chi connectivity index (χ3v) is 4.63. The van der Waals surface area contributed by atoms with E-state index in [0.717, 1.165) is 50.6 Å². The van der Waals surface area contributed by atoms with Crippen LogP contribution < -0.4 is 15.0 Å². The van der Waals surface area contributed by atoms with E-state index in [1.165, 1.54) is 0 Å². The Morgan fingerprint density at radius 2 is 1.88 bits per heavy atom. The summed E-state index contributed by atoms with van der Waals surface area (Å²) in [4.78, 5) is 20.8. The van der Waals surface area contributed by atoms with E-state index in [1.54, 1.807) is 25.4 Å². The molecule has 1 aliphatic heterocycles. The highest BCUT2D eigenvalue weighted by atomic mass is 16.5. The van der Waals surface area contributed by atoms with E-state index in [1.807, 2.05) is 18.2 Å². The molecule has 0 atom stereocenters. The standard InChI is InChI=1S/C20H26N4O2/c1-26-19-9-3-2-8-18(19)24-15-13-23(14-16-24)12-6-11-22-20(25)17-7-4-5-10-21-17/h2-5,7-10H,6,11-16H2,1H3,(H,22,25). The Morgan fingerprint density at radius 1 is 1.12 bits per heavy atom. The van der Waals surface area contributed by atoms with Gasteiger partial charge in [-0.25, -0.2) is 0 Å². The first-order chi connectivity index (χ1) is 12.8. The number of pyridine rings is 1. The van der Waals surface area contributed by atoms with Crippen molar-refractivity contribution in [2.24, 2.45) is 0 Å². The SMILES string of the molecule is COc1ccccc1N1CCN(CCCNC(=O)c2ccccn2)CC1. The third-order valence-electron chi connectivity index (χ3n) is 4.63. The molecule has 0 unspecified atom stereocenters. The van der Waals surface area contributed by atoms with Crippen LogP contribution in [0.5, 0.6) is 5.75 Å². The van der Waals surface area contributed by atoms with Crippen LogP contribution in [0.25, 0.3) is 0 Å². The third kappa shape index (κ3) is 4.73. The Bertz CT molecular complexity index is 700. The second-order valence-electron chi connectivity index (χ2n) is 6.32. The van der Waals surface area contributed by atoms with Crippen LogP contribution >= 0.6 is 0 Å². The molecule has 1 N–H and O–H groups in total. The van der Waals surface area contributed by atoms with Gasteiger partial charge in [-0.05, 0) is 37.2 Å². The summed E-state index contributed by atoms with van der Waals surface area (Å²) in [5.74, 6) is 0.824. The number of anilines is 1. The maximum absolute atomic E-state index is 12.0. The Labute approximate surface area is 154 Å². The number of carbonyl (C=O) groups excluding carboxylic acids is 1. The zero-order chi connectivity index (χ0) is 18.2. The number of aromatic nitrogens is 1. The Kier molecular flexibility index (Phi) is 6.44. The van der Waals surface area contributed by atoms with Crippen LogP contribution in [0.2, 0.25) is 0 Å². The maximum atomic E-state index is 12.0. The average molecular weight is 354 g/mol. The normalized spacial score (nSPS) is 14.9. The molecule has 1 amide bonds. The van der Waals surface area contributed by atoms with Gasteiger partial charge in [-0.2, -0.15) is 0 Å². The fraction of sp³-hybridized carbons (Fsp3) is 0.400. The number of methoxy groups -OCH3 is 1. The first-order valence-electron chi connectivity index (χ1n) is 9.07. The van der Waals surface area contributed by atoms with E-state index < -0.39 is 0 Å². The number of benzene rings is 1. The Morgan fingerprint density at radius 3 is 2.62 bits per heavy atom. The lowest BCUT2D eigenvalue weighted by Gasteiger charge is -2.36. The summed E-state index contributed by atoms with van der Waals surface area (Å²) in [5, 5.41) is 2.93. The van der Waals surface area contributed by atoms with Crippen molar-refractivity contribution in [1.29, 1.82) is 0 Å². The molecule has 138 valence electrons. The molecule has 1 aromatic carbocycles. The summed E-state index contributed by atoms with van der Waals surface area (Å²) < 4.78 is 5.46. The summed E-state index contributed by atoms with van der Waals surface area (Å²) in [5.41, 5.74) is 1.63. The number of hydrogen-bond acceptors (Lipinski definition) is 5. The van der Waals surface area contributed by atoms with Crippen LogP contribution in [0.3, 0.4) is 0 Å². The van der Waals surface area contributed by atoms with Crippen LogP contribution in [0.15, 0.2) is 48.7 Å². The predicted octanol–water partition coefficient (Wildman–Crippen LogP) is 2.03. The van der Waals surface area contributed by atoms with Crippen LogP contribution in [-0.2, 0) is 0 Å². The largest absolute Gasteiger partial charge is 0.495 e. The van der Waals surface area contributed by atoms with Crippen LogP contribution in [0, 0.1) is 0 Å². The molecule has 0 aliphatic carbocycles. The van der Waals surface area contributed by atoms with Gasteiger partial charge in [0.15, 0.2) is 0 Å². The van der Waals surface area contributed by atoms with E-state index in [2.05, 4.69) is 32.2 Å². The van der Waals surface area contributed by atoms with Gasteiger partial charge in [-0.3, -0.25) is 14.7 Å². The minimum Gasteiger partial charge on any atom is -0.495 e. The van der Waals surface area contributed by atoms with E-state index in [0.29, 0.717) is 12.2 Å². The topological polar surface area (TPSA) is 57.7 Å². The first kappa shape index (κ1) is 18.2. The highest BCUT2D eigenvalue weighted by molar-refractivity contribution is 5.92. The maximum Gasteiger partial charge on any atom is 0.269 e. The number of piperazine rings is 1. The van der Waals surface area contributed by atoms with Gasteiger partial charge in [-0.15, -0.1) is 0 Å². The Hall–Kier alpha value is -2.60. The van der Waals surface area contributed by atoms with Gasteiger partial charge in [0.2, 0.25) is 0 Å². The summed E-state index contributed by atoms with van der Waals surface area (Å²) in [6.07, 6.45) is 2.57. The number of amides is 1. The van der Waals surface area contributed by atoms with Crippen LogP contribution in [0.1, 0.15) is 16.9 Å². The van der Waals surface area contributed by atoms with E-state index in [9.17, 15) is 4.79 Å². The molecule has 2 aromatic rings. The molecular formula is C20H26N4O2. The van der Waals surface area contributed by atoms with Crippen molar-refractivity contribution < 1.29 is 9.53 Å². The number of nitrogens with one attached hydrogen (secondary N) is 1. The molecule has 1 aromatic heterocycles. The van der Waals surface area contributed by atoms with Gasteiger partial charge >= 0.3 is 0 Å². The Balaban J connectivity index is 1.37. The number of hydrogen-bond donors (Lipinski definition) is 1. The fourth-order valence-electron chi connectivity index (χ4n) is 3.20. The molecule has 1 aliphatic rings. The lowest BCUT2D eigenvalue weighted by Crippen LogP contribution is -2.47. The molecule has 0 spiro atoms. The summed E-state index contributed by atoms with van der Waals surface area (Å²) in [6, 6.07) is 13.5. The number of carbonyl (C=O) groups is 1. The predicted molar refractivity (Wildman–Crippen MR) is 103 cm³/mol. The molecule has 1 saturated heterocycles. The molecule has 6 nitrogen and oxygen atoms in total. The van der Waals surface area contributed by atoms with Crippen molar-refractivity contribution in [2.75, 3.05) is 51.3 Å². The van der Waals surface area contributed by atoms with Crippen molar-refractivity contribution in [1.82, 2.24) is 15.2 Å². The smallest absolute Gasteiger partial charge is 0.269 e.